The van der Waals surface area contributed by atoms with Crippen molar-refractivity contribution in [3.63, 3.8) is 0 Å². The summed E-state index contributed by atoms with van der Waals surface area (Å²) in [5.74, 6) is 1.50. The molecule has 4 nitrogen and oxygen atoms in total. The molecule has 126 valence electrons. The van der Waals surface area contributed by atoms with Crippen LogP contribution in [0.1, 0.15) is 19.4 Å². The van der Waals surface area contributed by atoms with Crippen LogP contribution in [-0.2, 0) is 0 Å². The van der Waals surface area contributed by atoms with Gasteiger partial charge in [0.2, 0.25) is 0 Å². The monoisotopic (exact) mass is 458 g/mol. The summed E-state index contributed by atoms with van der Waals surface area (Å²) in [6.45, 7) is 7.60. The Morgan fingerprint density at radius 2 is 2.00 bits per heavy atom. The van der Waals surface area contributed by atoms with Crippen molar-refractivity contribution in [2.45, 2.75) is 13.8 Å². The van der Waals surface area contributed by atoms with Crippen LogP contribution in [0.5, 0.6) is 5.75 Å². The average molecular weight is 459 g/mol. The lowest BCUT2D eigenvalue weighted by molar-refractivity contribution is -0.903. The van der Waals surface area contributed by atoms with E-state index in [1.807, 2.05) is 6.07 Å². The number of nitrogens with zero attached hydrogens (tertiary/aromatic N) is 2. The molecule has 0 saturated heterocycles. The number of hydrogen-bond acceptors (Lipinski definition) is 4. The van der Waals surface area contributed by atoms with Crippen molar-refractivity contribution >= 4 is 28.4 Å². The summed E-state index contributed by atoms with van der Waals surface area (Å²) in [5.41, 5.74) is 0.801. The molecule has 0 radical (unpaired) electrons. The molecule has 0 aliphatic heterocycles. The van der Waals surface area contributed by atoms with E-state index in [0.717, 1.165) is 35.4 Å². The summed E-state index contributed by atoms with van der Waals surface area (Å²) in [4.78, 5) is 0. The minimum absolute atomic E-state index is 0. The molecular weight excluding hydrogens is 435 g/mol. The van der Waals surface area contributed by atoms with E-state index in [0.29, 0.717) is 15.8 Å². The third kappa shape index (κ3) is 6.14. The molecule has 0 saturated carbocycles. The zero-order valence-corrected chi connectivity index (χ0v) is 17.2. The summed E-state index contributed by atoms with van der Waals surface area (Å²) < 4.78 is 6.13. The smallest absolute Gasteiger partial charge is 0.143 e. The first-order valence-electron chi connectivity index (χ1n) is 7.02. The van der Waals surface area contributed by atoms with E-state index in [1.54, 1.807) is 19.2 Å². The van der Waals surface area contributed by atoms with Crippen LogP contribution in [0.25, 0.3) is 0 Å². The molecule has 0 unspecified atom stereocenters. The molecule has 0 aliphatic carbocycles. The third-order valence-corrected chi connectivity index (χ3v) is 5.16. The first kappa shape index (κ1) is 21.8. The second kappa shape index (κ2) is 10.6. The van der Waals surface area contributed by atoms with Crippen LogP contribution in [-0.4, -0.2) is 54.3 Å². The van der Waals surface area contributed by atoms with E-state index in [2.05, 4.69) is 26.1 Å². The number of rotatable bonds is 7. The Labute approximate surface area is 159 Å². The van der Waals surface area contributed by atoms with Crippen LogP contribution in [0.3, 0.4) is 0 Å². The number of hydrogen-bond donors (Lipinski definition) is 1. The van der Waals surface area contributed by atoms with Crippen molar-refractivity contribution < 1.29 is 38.4 Å². The number of halogens is 2. The molecular formula is C15H24ClIN2O2S. The highest BCUT2D eigenvalue weighted by molar-refractivity contribution is 8.14. The molecule has 22 heavy (non-hydrogen) atoms. The summed E-state index contributed by atoms with van der Waals surface area (Å²) in [7, 11) is 3.81. The van der Waals surface area contributed by atoms with Crippen LogP contribution in [0.4, 0.5) is 0 Å². The first-order valence-corrected chi connectivity index (χ1v) is 8.38. The van der Waals surface area contributed by atoms with Gasteiger partial charge in [0.05, 0.1) is 38.8 Å². The van der Waals surface area contributed by atoms with Gasteiger partial charge in [0, 0.05) is 11.3 Å². The fourth-order valence-corrected chi connectivity index (χ4v) is 3.21. The highest BCUT2D eigenvalue weighted by Gasteiger charge is 2.17. The summed E-state index contributed by atoms with van der Waals surface area (Å²) in [6, 6.07) is 5.39. The molecule has 0 aliphatic rings. The van der Waals surface area contributed by atoms with Crippen molar-refractivity contribution in [3.05, 3.63) is 28.8 Å². The number of ether oxygens (including phenoxy) is 1. The maximum Gasteiger partial charge on any atom is 0.143 e. The van der Waals surface area contributed by atoms with E-state index >= 15 is 0 Å². The van der Waals surface area contributed by atoms with Crippen LogP contribution < -0.4 is 28.7 Å². The van der Waals surface area contributed by atoms with Gasteiger partial charge in [0.25, 0.3) is 0 Å². The zero-order chi connectivity index (χ0) is 15.9. The Morgan fingerprint density at radius 1 is 1.36 bits per heavy atom. The predicted molar refractivity (Wildman–Crippen MR) is 90.9 cm³/mol. The van der Waals surface area contributed by atoms with Gasteiger partial charge >= 0.3 is 0 Å². The zero-order valence-electron chi connectivity index (χ0n) is 13.5. The highest BCUT2D eigenvalue weighted by atomic mass is 127. The minimum Gasteiger partial charge on any atom is -1.00 e. The average Bonchev–Trinajstić information content (AvgIpc) is 2.51. The molecule has 0 fully saturated rings. The Balaban J connectivity index is 0.00000441. The SMILES string of the molecule is CC[N+](C)(CC)CCS/C(=N/O)c1ccc(OC)c(Cl)c1.[I-]. The maximum absolute atomic E-state index is 9.23. The Morgan fingerprint density at radius 3 is 2.45 bits per heavy atom. The first-order chi connectivity index (χ1) is 9.99. The fraction of sp³-hybridized carbons (Fsp3) is 0.533. The van der Waals surface area contributed by atoms with Crippen LogP contribution in [0, 0.1) is 0 Å². The van der Waals surface area contributed by atoms with Crippen LogP contribution >= 0.6 is 23.4 Å². The minimum atomic E-state index is 0. The molecule has 7 heteroatoms. The maximum atomic E-state index is 9.23. The quantitative estimate of drug-likeness (QED) is 0.163. The normalized spacial score (nSPS) is 12.0. The van der Waals surface area contributed by atoms with Gasteiger partial charge in [-0.15, -0.1) is 0 Å². The lowest BCUT2D eigenvalue weighted by atomic mass is 10.2. The van der Waals surface area contributed by atoms with Crippen molar-refractivity contribution in [1.82, 2.24) is 0 Å². The lowest BCUT2D eigenvalue weighted by Gasteiger charge is -2.31. The van der Waals surface area contributed by atoms with Gasteiger partial charge in [0.1, 0.15) is 10.8 Å². The van der Waals surface area contributed by atoms with E-state index < -0.39 is 0 Å². The van der Waals surface area contributed by atoms with Gasteiger partial charge in [-0.2, -0.15) is 0 Å². The lowest BCUT2D eigenvalue weighted by Crippen LogP contribution is -3.00. The van der Waals surface area contributed by atoms with Gasteiger partial charge in [-0.05, 0) is 32.0 Å². The Hall–Kier alpha value is -0.180. The molecule has 1 N–H and O–H groups in total. The molecule has 0 heterocycles. The number of oxime groups is 1. The number of methoxy groups -OCH3 is 1. The van der Waals surface area contributed by atoms with Crippen LogP contribution in [0.15, 0.2) is 23.4 Å². The summed E-state index contributed by atoms with van der Waals surface area (Å²) >= 11 is 7.65. The largest absolute Gasteiger partial charge is 1.00 e. The van der Waals surface area contributed by atoms with Gasteiger partial charge in [-0.25, -0.2) is 0 Å². The third-order valence-electron chi connectivity index (χ3n) is 3.89. The Kier molecular flexibility index (Phi) is 10.5. The Bertz CT molecular complexity index is 496. The molecule has 1 rings (SSSR count). The predicted octanol–water partition coefficient (Wildman–Crippen LogP) is 0.708. The van der Waals surface area contributed by atoms with Crippen molar-refractivity contribution in [1.29, 1.82) is 0 Å². The number of benzene rings is 1. The van der Waals surface area contributed by atoms with E-state index in [9.17, 15) is 5.21 Å². The van der Waals surface area contributed by atoms with Gasteiger partial charge in [-0.3, -0.25) is 0 Å². The topological polar surface area (TPSA) is 41.8 Å². The van der Waals surface area contributed by atoms with E-state index in [-0.39, 0.29) is 24.0 Å². The second-order valence-electron chi connectivity index (χ2n) is 5.08. The standard InChI is InChI=1S/C15H23ClN2O2S.HI/c1-5-18(3,6-2)9-10-21-15(17-19)12-7-8-14(20-4)13(16)11-12;/h7-8,11H,5-6,9-10H2,1-4H3;1H/b17-15+;. The summed E-state index contributed by atoms with van der Waals surface area (Å²) in [5, 5.41) is 13.7. The van der Waals surface area contributed by atoms with Gasteiger partial charge in [0.15, 0.2) is 0 Å². The molecule has 1 aromatic carbocycles. The van der Waals surface area contributed by atoms with Gasteiger partial charge < -0.3 is 38.4 Å². The van der Waals surface area contributed by atoms with E-state index in [1.165, 1.54) is 11.8 Å². The van der Waals surface area contributed by atoms with Crippen LogP contribution in [0.2, 0.25) is 5.02 Å². The molecule has 1 aromatic rings. The van der Waals surface area contributed by atoms with Crippen molar-refractivity contribution in [3.8, 4) is 5.75 Å². The summed E-state index contributed by atoms with van der Waals surface area (Å²) in [6.07, 6.45) is 0. The number of quaternary nitrogens is 1. The molecule has 0 aromatic heterocycles. The van der Waals surface area contributed by atoms with Crippen molar-refractivity contribution in [2.75, 3.05) is 39.5 Å². The molecule has 0 spiro atoms. The fourth-order valence-electron chi connectivity index (χ4n) is 1.87. The van der Waals surface area contributed by atoms with Crippen molar-refractivity contribution in [2.24, 2.45) is 5.16 Å². The van der Waals surface area contributed by atoms with Gasteiger partial charge in [-0.1, -0.05) is 28.5 Å². The number of thioether (sulfide) groups is 1. The highest BCUT2D eigenvalue weighted by Crippen LogP contribution is 2.27. The van der Waals surface area contributed by atoms with E-state index in [4.69, 9.17) is 16.3 Å². The molecule has 0 amide bonds. The second-order valence-corrected chi connectivity index (χ2v) is 6.57. The molecule has 0 atom stereocenters. The molecule has 0 bridgehead atoms.